The lowest BCUT2D eigenvalue weighted by atomic mass is 10.1. The molecule has 0 saturated heterocycles. The van der Waals surface area contributed by atoms with Crippen LogP contribution in [0.15, 0.2) is 42.0 Å². The molecule has 0 fully saturated rings. The Morgan fingerprint density at radius 3 is 2.59 bits per heavy atom. The number of esters is 1. The smallest absolute Gasteiger partial charge is 0.348 e. The molecule has 0 atom stereocenters. The van der Waals surface area contributed by atoms with Crippen molar-refractivity contribution in [3.05, 3.63) is 63.2 Å². The van der Waals surface area contributed by atoms with E-state index in [4.69, 9.17) is 19.5 Å². The minimum Gasteiger partial charge on any atom is -0.493 e. The number of nitrogens with one attached hydrogen (secondary N) is 1. The molecule has 0 aliphatic heterocycles. The number of non-ortho nitro benzene ring substituents is 1. The Kier molecular flexibility index (Phi) is 8.30. The van der Waals surface area contributed by atoms with Crippen LogP contribution in [0.3, 0.4) is 0 Å². The molecule has 0 heterocycles. The van der Waals surface area contributed by atoms with Crippen LogP contribution >= 0.6 is 0 Å². The molecule has 10 heteroatoms. The van der Waals surface area contributed by atoms with Crippen molar-refractivity contribution >= 4 is 29.3 Å². The minimum atomic E-state index is -0.734. The zero-order chi connectivity index (χ0) is 23.7. The Morgan fingerprint density at radius 1 is 1.22 bits per heavy atom. The number of aryl methyl sites for hydroxylation is 1. The Labute approximate surface area is 184 Å². The number of nitro benzene ring substituents is 1. The van der Waals surface area contributed by atoms with Gasteiger partial charge in [0.2, 0.25) is 0 Å². The lowest BCUT2D eigenvalue weighted by Gasteiger charge is -2.12. The molecule has 1 N–H and O–H groups in total. The average Bonchev–Trinajstić information content (AvgIpc) is 2.77. The lowest BCUT2D eigenvalue weighted by molar-refractivity contribution is -0.384. The Hall–Kier alpha value is -4.39. The van der Waals surface area contributed by atoms with E-state index in [1.807, 2.05) is 0 Å². The summed E-state index contributed by atoms with van der Waals surface area (Å²) >= 11 is 0. The molecule has 0 spiro atoms. The van der Waals surface area contributed by atoms with Crippen LogP contribution in [0.5, 0.6) is 11.5 Å². The third-order valence-corrected chi connectivity index (χ3v) is 4.18. The third kappa shape index (κ3) is 6.30. The Morgan fingerprint density at radius 2 is 1.97 bits per heavy atom. The van der Waals surface area contributed by atoms with Gasteiger partial charge in [-0.2, -0.15) is 5.26 Å². The number of amides is 1. The largest absolute Gasteiger partial charge is 0.493 e. The average molecular weight is 439 g/mol. The number of ether oxygens (including phenoxy) is 3. The number of nitriles is 1. The molecule has 0 bridgehead atoms. The summed E-state index contributed by atoms with van der Waals surface area (Å²) in [6.45, 7) is 3.12. The van der Waals surface area contributed by atoms with Crippen molar-refractivity contribution in [3.8, 4) is 17.6 Å². The van der Waals surface area contributed by atoms with Gasteiger partial charge in [0.05, 0.1) is 24.3 Å². The van der Waals surface area contributed by atoms with Crippen LogP contribution in [-0.4, -0.2) is 37.1 Å². The summed E-state index contributed by atoms with van der Waals surface area (Å²) in [6, 6.07) is 10.6. The summed E-state index contributed by atoms with van der Waals surface area (Å²) < 4.78 is 15.6. The van der Waals surface area contributed by atoms with Gasteiger partial charge >= 0.3 is 5.97 Å². The van der Waals surface area contributed by atoms with E-state index in [1.54, 1.807) is 26.0 Å². The summed E-state index contributed by atoms with van der Waals surface area (Å²) in [5.74, 6) is -0.722. The minimum absolute atomic E-state index is 0.142. The summed E-state index contributed by atoms with van der Waals surface area (Å²) in [7, 11) is 1.40. The second-order valence-electron chi connectivity index (χ2n) is 6.39. The van der Waals surface area contributed by atoms with Crippen molar-refractivity contribution in [2.75, 3.05) is 25.6 Å². The Bertz CT molecular complexity index is 1100. The van der Waals surface area contributed by atoms with Gasteiger partial charge in [0.15, 0.2) is 18.1 Å². The molecule has 166 valence electrons. The third-order valence-electron chi connectivity index (χ3n) is 4.18. The van der Waals surface area contributed by atoms with Gasteiger partial charge in [0, 0.05) is 12.1 Å². The molecule has 10 nitrogen and oxygen atoms in total. The number of benzene rings is 2. The molecular formula is C22H21N3O7. The van der Waals surface area contributed by atoms with Crippen molar-refractivity contribution in [3.63, 3.8) is 0 Å². The molecule has 0 aliphatic rings. The number of anilines is 1. The number of carbonyl (C=O) groups is 2. The predicted octanol–water partition coefficient (Wildman–Crippen LogP) is 3.40. The lowest BCUT2D eigenvalue weighted by Crippen LogP contribution is -2.21. The molecule has 0 aromatic heterocycles. The van der Waals surface area contributed by atoms with Crippen LogP contribution in [0.1, 0.15) is 18.1 Å². The molecule has 2 aromatic rings. The number of hydrogen-bond donors (Lipinski definition) is 1. The van der Waals surface area contributed by atoms with E-state index in [2.05, 4.69) is 5.32 Å². The monoisotopic (exact) mass is 439 g/mol. The first-order valence-electron chi connectivity index (χ1n) is 9.43. The van der Waals surface area contributed by atoms with E-state index in [9.17, 15) is 19.7 Å². The maximum absolute atomic E-state index is 12.3. The molecule has 1 amide bonds. The van der Waals surface area contributed by atoms with Crippen molar-refractivity contribution in [2.45, 2.75) is 13.8 Å². The summed E-state index contributed by atoms with van der Waals surface area (Å²) in [6.07, 6.45) is 1.35. The zero-order valence-corrected chi connectivity index (χ0v) is 17.7. The predicted molar refractivity (Wildman–Crippen MR) is 115 cm³/mol. The second kappa shape index (κ2) is 11.1. The SMILES string of the molecule is CCOC(=O)/C(C#N)=C\c1ccc(OCC(=O)Nc2cc([N+](=O)[O-])ccc2C)c(OC)c1. The first kappa shape index (κ1) is 23.9. The van der Waals surface area contributed by atoms with Gasteiger partial charge in [-0.3, -0.25) is 14.9 Å². The fraction of sp³-hybridized carbons (Fsp3) is 0.227. The van der Waals surface area contributed by atoms with Crippen molar-refractivity contribution < 1.29 is 28.7 Å². The molecular weight excluding hydrogens is 418 g/mol. The van der Waals surface area contributed by atoms with Crippen LogP contribution < -0.4 is 14.8 Å². The molecule has 0 saturated carbocycles. The van der Waals surface area contributed by atoms with Gasteiger partial charge < -0.3 is 19.5 Å². The van der Waals surface area contributed by atoms with E-state index in [1.165, 1.54) is 43.5 Å². The van der Waals surface area contributed by atoms with Gasteiger partial charge in [0.25, 0.3) is 11.6 Å². The van der Waals surface area contributed by atoms with Gasteiger partial charge in [-0.15, -0.1) is 0 Å². The fourth-order valence-electron chi connectivity index (χ4n) is 2.59. The molecule has 2 aromatic carbocycles. The summed E-state index contributed by atoms with van der Waals surface area (Å²) in [5, 5.41) is 22.6. The van der Waals surface area contributed by atoms with Crippen LogP contribution in [0.2, 0.25) is 0 Å². The first-order chi connectivity index (χ1) is 15.3. The maximum atomic E-state index is 12.3. The molecule has 32 heavy (non-hydrogen) atoms. The quantitative estimate of drug-likeness (QED) is 0.206. The van der Waals surface area contributed by atoms with Gasteiger partial charge in [0.1, 0.15) is 11.6 Å². The zero-order valence-electron chi connectivity index (χ0n) is 17.7. The topological polar surface area (TPSA) is 141 Å². The highest BCUT2D eigenvalue weighted by Gasteiger charge is 2.14. The fourth-order valence-corrected chi connectivity index (χ4v) is 2.59. The number of rotatable bonds is 9. The van der Waals surface area contributed by atoms with Crippen molar-refractivity contribution in [1.29, 1.82) is 5.26 Å². The van der Waals surface area contributed by atoms with Crippen molar-refractivity contribution in [2.24, 2.45) is 0 Å². The second-order valence-corrected chi connectivity index (χ2v) is 6.39. The van der Waals surface area contributed by atoms with Gasteiger partial charge in [-0.25, -0.2) is 4.79 Å². The summed E-state index contributed by atoms with van der Waals surface area (Å²) in [5.41, 5.74) is 1.15. The number of hydrogen-bond acceptors (Lipinski definition) is 8. The highest BCUT2D eigenvalue weighted by Crippen LogP contribution is 2.29. The Balaban J connectivity index is 2.11. The normalized spacial score (nSPS) is 10.6. The van der Waals surface area contributed by atoms with Crippen LogP contribution in [0, 0.1) is 28.4 Å². The van der Waals surface area contributed by atoms with E-state index in [-0.39, 0.29) is 36.0 Å². The molecule has 2 rings (SSSR count). The van der Waals surface area contributed by atoms with E-state index >= 15 is 0 Å². The van der Waals surface area contributed by atoms with E-state index < -0.39 is 16.8 Å². The van der Waals surface area contributed by atoms with E-state index in [0.29, 0.717) is 16.8 Å². The number of carbonyl (C=O) groups excluding carboxylic acids is 2. The highest BCUT2D eigenvalue weighted by molar-refractivity contribution is 5.98. The first-order valence-corrected chi connectivity index (χ1v) is 9.43. The van der Waals surface area contributed by atoms with Crippen LogP contribution in [-0.2, 0) is 14.3 Å². The van der Waals surface area contributed by atoms with Gasteiger partial charge in [-0.1, -0.05) is 12.1 Å². The maximum Gasteiger partial charge on any atom is 0.348 e. The van der Waals surface area contributed by atoms with Gasteiger partial charge in [-0.05, 0) is 43.2 Å². The molecule has 0 unspecified atom stereocenters. The number of nitrogens with zero attached hydrogens (tertiary/aromatic N) is 2. The van der Waals surface area contributed by atoms with Crippen LogP contribution in [0.25, 0.3) is 6.08 Å². The van der Waals surface area contributed by atoms with Crippen LogP contribution in [0.4, 0.5) is 11.4 Å². The summed E-state index contributed by atoms with van der Waals surface area (Å²) in [4.78, 5) is 34.4. The number of methoxy groups -OCH3 is 1. The highest BCUT2D eigenvalue weighted by atomic mass is 16.6. The van der Waals surface area contributed by atoms with Crippen molar-refractivity contribution in [1.82, 2.24) is 0 Å². The number of nitro groups is 1. The molecule has 0 aliphatic carbocycles. The standard InChI is InChI=1S/C22H21N3O7/c1-4-31-22(27)16(12-23)9-15-6-8-19(20(10-15)30-3)32-13-21(26)24-18-11-17(25(28)29)7-5-14(18)2/h5-11H,4,13H2,1-3H3,(H,24,26)/b16-9-. The van der Waals surface area contributed by atoms with E-state index in [0.717, 1.165) is 0 Å². The molecule has 0 radical (unpaired) electrons.